The summed E-state index contributed by atoms with van der Waals surface area (Å²) < 4.78 is 12.9. The molecule has 1 aliphatic rings. The van der Waals surface area contributed by atoms with Gasteiger partial charge < -0.3 is 14.9 Å². The third-order valence-corrected chi connectivity index (χ3v) is 2.97. The van der Waals surface area contributed by atoms with Crippen LogP contribution in [-0.4, -0.2) is 34.2 Å². The van der Waals surface area contributed by atoms with Gasteiger partial charge in [-0.2, -0.15) is 4.98 Å². The van der Waals surface area contributed by atoms with E-state index < -0.39 is 0 Å². The van der Waals surface area contributed by atoms with Crippen molar-refractivity contribution in [3.05, 3.63) is 18.6 Å². The minimum Gasteiger partial charge on any atom is -0.475 e. The second-order valence-electron chi connectivity index (χ2n) is 4.27. The average molecular weight is 249 g/mol. The van der Waals surface area contributed by atoms with Crippen molar-refractivity contribution in [3.63, 3.8) is 0 Å². The Labute approximate surface area is 104 Å². The molecule has 7 heteroatoms. The number of aromatic nitrogens is 3. The lowest BCUT2D eigenvalue weighted by atomic mass is 10.1. The number of fused-ring (bicyclic) bond motifs is 1. The fourth-order valence-electron chi connectivity index (χ4n) is 1.98. The van der Waals surface area contributed by atoms with E-state index in [4.69, 9.17) is 15.3 Å². The summed E-state index contributed by atoms with van der Waals surface area (Å²) in [7, 11) is 0. The Hall–Kier alpha value is -1.86. The minimum atomic E-state index is 0.427. The molecule has 2 aromatic heterocycles. The number of hydrogen-bond donors (Lipinski definition) is 2. The summed E-state index contributed by atoms with van der Waals surface area (Å²) in [5.41, 5.74) is 3.20. The van der Waals surface area contributed by atoms with Gasteiger partial charge in [-0.05, 0) is 6.42 Å². The van der Waals surface area contributed by atoms with Crippen LogP contribution in [0.5, 0.6) is 5.88 Å². The predicted octanol–water partition coefficient (Wildman–Crippen LogP) is 0.430. The molecule has 7 nitrogen and oxygen atoms in total. The number of nitrogen functional groups attached to an aromatic ring is 1. The van der Waals surface area contributed by atoms with Gasteiger partial charge in [-0.1, -0.05) is 0 Å². The van der Waals surface area contributed by atoms with E-state index in [1.54, 1.807) is 12.4 Å². The van der Waals surface area contributed by atoms with Crippen molar-refractivity contribution in [2.45, 2.75) is 6.42 Å². The van der Waals surface area contributed by atoms with Crippen molar-refractivity contribution in [2.24, 2.45) is 11.8 Å². The second-order valence-corrected chi connectivity index (χ2v) is 4.27. The van der Waals surface area contributed by atoms with Crippen molar-refractivity contribution >= 4 is 11.5 Å². The fourth-order valence-corrected chi connectivity index (χ4v) is 1.98. The Balaban J connectivity index is 1.82. The third-order valence-electron chi connectivity index (χ3n) is 2.97. The number of nitrogens with two attached hydrogens (primary N) is 1. The van der Waals surface area contributed by atoms with Crippen LogP contribution in [0.3, 0.4) is 0 Å². The van der Waals surface area contributed by atoms with Gasteiger partial charge in [0, 0.05) is 24.9 Å². The summed E-state index contributed by atoms with van der Waals surface area (Å²) in [4.78, 5) is 8.48. The molecule has 0 saturated carbocycles. The number of ether oxygens (including phenoxy) is 2. The van der Waals surface area contributed by atoms with Crippen LogP contribution in [0.25, 0.3) is 5.65 Å². The molecule has 0 aliphatic carbocycles. The first kappa shape index (κ1) is 11.2. The molecule has 0 radical (unpaired) electrons. The van der Waals surface area contributed by atoms with E-state index in [1.165, 1.54) is 0 Å². The molecule has 96 valence electrons. The average Bonchev–Trinajstić information content (AvgIpc) is 3.06. The summed E-state index contributed by atoms with van der Waals surface area (Å²) in [6.45, 7) is 2.15. The summed E-state index contributed by atoms with van der Waals surface area (Å²) in [5.74, 6) is 6.83. The normalized spacial score (nSPS) is 19.3. The van der Waals surface area contributed by atoms with Gasteiger partial charge in [0.05, 0.1) is 19.4 Å². The Morgan fingerprint density at radius 1 is 1.61 bits per heavy atom. The van der Waals surface area contributed by atoms with Crippen molar-refractivity contribution in [2.75, 3.05) is 25.2 Å². The number of rotatable bonds is 4. The van der Waals surface area contributed by atoms with Crippen molar-refractivity contribution in [3.8, 4) is 5.88 Å². The lowest BCUT2D eigenvalue weighted by molar-refractivity contribution is 0.166. The highest BCUT2D eigenvalue weighted by Crippen LogP contribution is 2.20. The second kappa shape index (κ2) is 4.79. The van der Waals surface area contributed by atoms with Crippen LogP contribution < -0.4 is 16.0 Å². The van der Waals surface area contributed by atoms with Gasteiger partial charge in [0.15, 0.2) is 5.82 Å². The molecular weight excluding hydrogens is 234 g/mol. The Morgan fingerprint density at radius 2 is 2.56 bits per heavy atom. The van der Waals surface area contributed by atoms with Crippen molar-refractivity contribution < 1.29 is 9.47 Å². The SMILES string of the molecule is NNc1cn2ccnc2c(OCC2CCOC2)n1. The monoisotopic (exact) mass is 249 g/mol. The number of nitrogens with zero attached hydrogens (tertiary/aromatic N) is 3. The quantitative estimate of drug-likeness (QED) is 0.603. The molecule has 1 saturated heterocycles. The first-order valence-electron chi connectivity index (χ1n) is 5.87. The topological polar surface area (TPSA) is 86.7 Å². The number of hydrazine groups is 1. The van der Waals surface area contributed by atoms with Gasteiger partial charge in [-0.25, -0.2) is 10.8 Å². The van der Waals surface area contributed by atoms with Gasteiger partial charge in [0.1, 0.15) is 0 Å². The molecule has 3 rings (SSSR count). The van der Waals surface area contributed by atoms with Crippen LogP contribution in [0, 0.1) is 5.92 Å². The van der Waals surface area contributed by atoms with Gasteiger partial charge in [-0.3, -0.25) is 4.40 Å². The van der Waals surface area contributed by atoms with E-state index in [1.807, 2.05) is 10.6 Å². The van der Waals surface area contributed by atoms with Gasteiger partial charge in [0.2, 0.25) is 5.65 Å². The van der Waals surface area contributed by atoms with Gasteiger partial charge in [-0.15, -0.1) is 0 Å². The van der Waals surface area contributed by atoms with Crippen LogP contribution in [0.4, 0.5) is 5.82 Å². The van der Waals surface area contributed by atoms with E-state index in [9.17, 15) is 0 Å². The highest BCUT2D eigenvalue weighted by Gasteiger charge is 2.17. The number of imidazole rings is 1. The van der Waals surface area contributed by atoms with Crippen LogP contribution >= 0.6 is 0 Å². The molecule has 1 fully saturated rings. The fraction of sp³-hybridized carbons (Fsp3) is 0.455. The summed E-state index contributed by atoms with van der Waals surface area (Å²) in [6.07, 6.45) is 6.31. The Morgan fingerprint density at radius 3 is 3.33 bits per heavy atom. The molecule has 18 heavy (non-hydrogen) atoms. The number of anilines is 1. The molecule has 0 spiro atoms. The zero-order valence-electron chi connectivity index (χ0n) is 9.87. The first-order valence-corrected chi connectivity index (χ1v) is 5.87. The highest BCUT2D eigenvalue weighted by molar-refractivity contribution is 5.53. The largest absolute Gasteiger partial charge is 0.475 e. The number of hydrogen-bond acceptors (Lipinski definition) is 6. The molecule has 0 amide bonds. The van der Waals surface area contributed by atoms with Crippen LogP contribution in [0.1, 0.15) is 6.42 Å². The molecule has 2 aromatic rings. The molecule has 0 aromatic carbocycles. The van der Waals surface area contributed by atoms with Gasteiger partial charge in [0.25, 0.3) is 5.88 Å². The molecule has 1 unspecified atom stereocenters. The van der Waals surface area contributed by atoms with Crippen molar-refractivity contribution in [1.82, 2.24) is 14.4 Å². The molecule has 3 heterocycles. The lowest BCUT2D eigenvalue weighted by Crippen LogP contribution is -2.15. The van der Waals surface area contributed by atoms with Crippen LogP contribution in [0.15, 0.2) is 18.6 Å². The maximum absolute atomic E-state index is 5.73. The van der Waals surface area contributed by atoms with E-state index in [2.05, 4.69) is 15.4 Å². The number of nitrogens with one attached hydrogen (secondary N) is 1. The zero-order valence-corrected chi connectivity index (χ0v) is 9.87. The standard InChI is InChI=1S/C11H15N5O2/c12-15-9-5-16-3-2-13-10(16)11(14-9)18-7-8-1-4-17-6-8/h2-3,5,8,15H,1,4,6-7,12H2. The molecule has 1 atom stereocenters. The highest BCUT2D eigenvalue weighted by atomic mass is 16.5. The summed E-state index contributed by atoms with van der Waals surface area (Å²) >= 11 is 0. The van der Waals surface area contributed by atoms with Gasteiger partial charge >= 0.3 is 0 Å². The zero-order chi connectivity index (χ0) is 12.4. The third kappa shape index (κ3) is 2.09. The smallest absolute Gasteiger partial charge is 0.260 e. The Bertz CT molecular complexity index is 535. The lowest BCUT2D eigenvalue weighted by Gasteiger charge is -2.11. The maximum atomic E-state index is 5.73. The molecule has 0 bridgehead atoms. The van der Waals surface area contributed by atoms with Crippen LogP contribution in [-0.2, 0) is 4.74 Å². The van der Waals surface area contributed by atoms with E-state index in [0.717, 1.165) is 19.6 Å². The van der Waals surface area contributed by atoms with E-state index in [-0.39, 0.29) is 0 Å². The summed E-state index contributed by atoms with van der Waals surface area (Å²) in [6, 6.07) is 0. The Kier molecular flexibility index (Phi) is 2.99. The summed E-state index contributed by atoms with van der Waals surface area (Å²) in [5, 5.41) is 0. The maximum Gasteiger partial charge on any atom is 0.260 e. The molecular formula is C11H15N5O2. The van der Waals surface area contributed by atoms with Crippen LogP contribution in [0.2, 0.25) is 0 Å². The first-order chi connectivity index (χ1) is 8.86. The molecule has 3 N–H and O–H groups in total. The van der Waals surface area contributed by atoms with Crippen molar-refractivity contribution in [1.29, 1.82) is 0 Å². The van der Waals surface area contributed by atoms with E-state index >= 15 is 0 Å². The minimum absolute atomic E-state index is 0.427. The van der Waals surface area contributed by atoms with E-state index in [0.29, 0.717) is 29.9 Å². The predicted molar refractivity (Wildman–Crippen MR) is 65.2 cm³/mol. The molecule has 1 aliphatic heterocycles.